The van der Waals surface area contributed by atoms with Gasteiger partial charge >= 0.3 is 6.18 Å². The lowest BCUT2D eigenvalue weighted by Gasteiger charge is -2.11. The average Bonchev–Trinajstić information content (AvgIpc) is 3.23. The topological polar surface area (TPSA) is 102 Å². The molecule has 0 saturated carbocycles. The van der Waals surface area contributed by atoms with Crippen LogP contribution >= 0.6 is 0 Å². The Morgan fingerprint density at radius 2 is 1.70 bits per heavy atom. The summed E-state index contributed by atoms with van der Waals surface area (Å²) in [4.78, 5) is 24.5. The van der Waals surface area contributed by atoms with Crippen LogP contribution in [0.25, 0.3) is 5.69 Å². The van der Waals surface area contributed by atoms with E-state index < -0.39 is 23.8 Å². The minimum Gasteiger partial charge on any atom is -0.351 e. The standard InChI is InChI=1S/C23H24F3N5O2/c1-14-6-8-16(9-7-14)12-29-22(33)19-11-20(23(24,25)26)30-31(19)18-5-3-4-17(10-18)13-28-21(32)15(2)27/h3-11,15H,12-13,27H2,1-2H3,(H,28,32)(H,29,33)/t15-/m0/s1. The molecule has 1 atom stereocenters. The van der Waals surface area contributed by atoms with Gasteiger partial charge in [-0.25, -0.2) is 4.68 Å². The van der Waals surface area contributed by atoms with Crippen LogP contribution < -0.4 is 16.4 Å². The van der Waals surface area contributed by atoms with Crippen molar-refractivity contribution in [2.24, 2.45) is 5.73 Å². The molecule has 0 unspecified atom stereocenters. The van der Waals surface area contributed by atoms with Crippen LogP contribution in [0.1, 0.15) is 39.8 Å². The smallest absolute Gasteiger partial charge is 0.351 e. The van der Waals surface area contributed by atoms with Crippen molar-refractivity contribution in [3.63, 3.8) is 0 Å². The predicted octanol–water partition coefficient (Wildman–Crippen LogP) is 3.09. The first kappa shape index (κ1) is 24.0. The molecular weight excluding hydrogens is 435 g/mol. The van der Waals surface area contributed by atoms with Crippen LogP contribution in [0.4, 0.5) is 13.2 Å². The molecule has 3 rings (SSSR count). The van der Waals surface area contributed by atoms with E-state index in [9.17, 15) is 22.8 Å². The van der Waals surface area contributed by atoms with Crippen LogP contribution in [0.3, 0.4) is 0 Å². The fraction of sp³-hybridized carbons (Fsp3) is 0.261. The van der Waals surface area contributed by atoms with Gasteiger partial charge in [0.2, 0.25) is 5.91 Å². The summed E-state index contributed by atoms with van der Waals surface area (Å²) in [7, 11) is 0. The maximum Gasteiger partial charge on any atom is 0.435 e. The Morgan fingerprint density at radius 1 is 1.03 bits per heavy atom. The van der Waals surface area contributed by atoms with Crippen LogP contribution in [-0.4, -0.2) is 27.6 Å². The van der Waals surface area contributed by atoms with Crippen molar-refractivity contribution >= 4 is 11.8 Å². The molecule has 1 heterocycles. The van der Waals surface area contributed by atoms with Crippen molar-refractivity contribution in [1.82, 2.24) is 20.4 Å². The molecule has 2 aromatic carbocycles. The van der Waals surface area contributed by atoms with Crippen LogP contribution in [0.15, 0.2) is 54.6 Å². The number of nitrogens with zero attached hydrogens (tertiary/aromatic N) is 2. The molecule has 0 aliphatic heterocycles. The van der Waals surface area contributed by atoms with Crippen molar-refractivity contribution in [3.8, 4) is 5.69 Å². The number of rotatable bonds is 7. The van der Waals surface area contributed by atoms with Crippen molar-refractivity contribution in [2.45, 2.75) is 39.2 Å². The number of benzene rings is 2. The maximum absolute atomic E-state index is 13.3. The Kier molecular flexibility index (Phi) is 7.17. The highest BCUT2D eigenvalue weighted by Gasteiger charge is 2.36. The number of carbonyl (C=O) groups excluding carboxylic acids is 2. The quantitative estimate of drug-likeness (QED) is 0.505. The third-order valence-electron chi connectivity index (χ3n) is 4.84. The van der Waals surface area contributed by atoms with E-state index in [1.807, 2.05) is 31.2 Å². The second-order valence-corrected chi connectivity index (χ2v) is 7.67. The zero-order chi connectivity index (χ0) is 24.2. The lowest BCUT2D eigenvalue weighted by atomic mass is 10.1. The minimum absolute atomic E-state index is 0.122. The van der Waals surface area contributed by atoms with Gasteiger partial charge in [0, 0.05) is 19.2 Å². The van der Waals surface area contributed by atoms with Crippen LogP contribution in [0.5, 0.6) is 0 Å². The van der Waals surface area contributed by atoms with Gasteiger partial charge in [-0.2, -0.15) is 18.3 Å². The second kappa shape index (κ2) is 9.86. The number of halogens is 3. The first-order valence-corrected chi connectivity index (χ1v) is 10.2. The molecule has 10 heteroatoms. The molecule has 7 nitrogen and oxygen atoms in total. The lowest BCUT2D eigenvalue weighted by molar-refractivity contribution is -0.141. The molecule has 174 valence electrons. The van der Waals surface area contributed by atoms with Crippen LogP contribution in [0.2, 0.25) is 0 Å². The zero-order valence-corrected chi connectivity index (χ0v) is 18.1. The van der Waals surface area contributed by atoms with Crippen LogP contribution in [0, 0.1) is 6.92 Å². The summed E-state index contributed by atoms with van der Waals surface area (Å²) in [5, 5.41) is 8.90. The Morgan fingerprint density at radius 3 is 2.33 bits per heavy atom. The van der Waals surface area contributed by atoms with Gasteiger partial charge in [0.15, 0.2) is 5.69 Å². The van der Waals surface area contributed by atoms with Crippen molar-refractivity contribution in [2.75, 3.05) is 0 Å². The third kappa shape index (κ3) is 6.19. The van der Waals surface area contributed by atoms with Gasteiger partial charge in [-0.3, -0.25) is 9.59 Å². The Bertz CT molecular complexity index is 1140. The normalized spacial score (nSPS) is 12.3. The first-order valence-electron chi connectivity index (χ1n) is 10.2. The summed E-state index contributed by atoms with van der Waals surface area (Å²) in [5.74, 6) is -1.07. The predicted molar refractivity (Wildman–Crippen MR) is 116 cm³/mol. The highest BCUT2D eigenvalue weighted by molar-refractivity contribution is 5.93. The van der Waals surface area contributed by atoms with Gasteiger partial charge in [0.1, 0.15) is 5.69 Å². The van der Waals surface area contributed by atoms with E-state index in [1.54, 1.807) is 18.2 Å². The summed E-state index contributed by atoms with van der Waals surface area (Å²) in [6.45, 7) is 3.73. The number of nitrogens with two attached hydrogens (primary N) is 1. The second-order valence-electron chi connectivity index (χ2n) is 7.67. The number of nitrogens with one attached hydrogen (secondary N) is 2. The zero-order valence-electron chi connectivity index (χ0n) is 18.1. The Hall–Kier alpha value is -3.66. The number of carbonyl (C=O) groups is 2. The largest absolute Gasteiger partial charge is 0.435 e. The van der Waals surface area contributed by atoms with Gasteiger partial charge < -0.3 is 16.4 Å². The van der Waals surface area contributed by atoms with E-state index in [4.69, 9.17) is 5.73 Å². The van der Waals surface area contributed by atoms with Crippen molar-refractivity contribution < 1.29 is 22.8 Å². The number of amides is 2. The fourth-order valence-corrected chi connectivity index (χ4v) is 3.01. The van der Waals surface area contributed by atoms with E-state index in [0.29, 0.717) is 5.56 Å². The average molecular weight is 459 g/mol. The number of aromatic nitrogens is 2. The van der Waals surface area contributed by atoms with E-state index in [0.717, 1.165) is 21.9 Å². The third-order valence-corrected chi connectivity index (χ3v) is 4.84. The molecular formula is C23H24F3N5O2. The SMILES string of the molecule is Cc1ccc(CNC(=O)c2cc(C(F)(F)F)nn2-c2cccc(CNC(=O)[C@H](C)N)c2)cc1. The summed E-state index contributed by atoms with van der Waals surface area (Å²) in [5.41, 5.74) is 6.79. The molecule has 0 saturated heterocycles. The number of alkyl halides is 3. The molecule has 4 N–H and O–H groups in total. The highest BCUT2D eigenvalue weighted by atomic mass is 19.4. The van der Waals surface area contributed by atoms with E-state index in [-0.39, 0.29) is 30.4 Å². The maximum atomic E-state index is 13.3. The number of hydrogen-bond acceptors (Lipinski definition) is 4. The Labute approximate surface area is 188 Å². The van der Waals surface area contributed by atoms with Crippen molar-refractivity contribution in [3.05, 3.63) is 82.7 Å². The molecule has 33 heavy (non-hydrogen) atoms. The molecule has 0 aliphatic rings. The van der Waals surface area contributed by atoms with E-state index in [2.05, 4.69) is 15.7 Å². The molecule has 0 spiro atoms. The number of hydrogen-bond donors (Lipinski definition) is 3. The van der Waals surface area contributed by atoms with E-state index in [1.165, 1.54) is 13.0 Å². The van der Waals surface area contributed by atoms with Gasteiger partial charge in [0.25, 0.3) is 5.91 Å². The Balaban J connectivity index is 1.87. The summed E-state index contributed by atoms with van der Waals surface area (Å²) >= 11 is 0. The molecule has 2 amide bonds. The number of aryl methyl sites for hydroxylation is 1. The molecule has 1 aromatic heterocycles. The molecule has 0 aliphatic carbocycles. The summed E-state index contributed by atoms with van der Waals surface area (Å²) in [6.07, 6.45) is -4.72. The highest BCUT2D eigenvalue weighted by Crippen LogP contribution is 2.29. The van der Waals surface area contributed by atoms with Gasteiger partial charge in [-0.05, 0) is 37.1 Å². The van der Waals surface area contributed by atoms with Crippen molar-refractivity contribution in [1.29, 1.82) is 0 Å². The lowest BCUT2D eigenvalue weighted by Crippen LogP contribution is -2.37. The first-order chi connectivity index (χ1) is 15.5. The van der Waals surface area contributed by atoms with Gasteiger partial charge in [0.05, 0.1) is 11.7 Å². The summed E-state index contributed by atoms with van der Waals surface area (Å²) in [6, 6.07) is 13.8. The molecule has 3 aromatic rings. The van der Waals surface area contributed by atoms with Crippen LogP contribution in [-0.2, 0) is 24.1 Å². The monoisotopic (exact) mass is 459 g/mol. The van der Waals surface area contributed by atoms with E-state index >= 15 is 0 Å². The van der Waals surface area contributed by atoms with Gasteiger partial charge in [-0.1, -0.05) is 42.0 Å². The molecule has 0 bridgehead atoms. The molecule has 0 fully saturated rings. The van der Waals surface area contributed by atoms with Gasteiger partial charge in [-0.15, -0.1) is 0 Å². The summed E-state index contributed by atoms with van der Waals surface area (Å²) < 4.78 is 41.0. The fourth-order valence-electron chi connectivity index (χ4n) is 3.01. The molecule has 0 radical (unpaired) electrons. The minimum atomic E-state index is -4.72.